The predicted molar refractivity (Wildman–Crippen MR) is 58.6 cm³/mol. The van der Waals surface area contributed by atoms with Crippen molar-refractivity contribution in [3.05, 3.63) is 0 Å². The summed E-state index contributed by atoms with van der Waals surface area (Å²) >= 11 is 1.95. The highest BCUT2D eigenvalue weighted by Crippen LogP contribution is 2.50. The maximum atomic E-state index is 10.9. The molecule has 1 unspecified atom stereocenters. The van der Waals surface area contributed by atoms with Crippen molar-refractivity contribution < 1.29 is 9.90 Å². The molecule has 0 amide bonds. The fourth-order valence-corrected chi connectivity index (χ4v) is 4.65. The number of carbonyl (C=O) groups is 1. The first-order valence-corrected chi connectivity index (χ1v) is 6.68. The smallest absolute Gasteiger partial charge is 0.303 e. The van der Waals surface area contributed by atoms with Crippen molar-refractivity contribution in [3.8, 4) is 0 Å². The number of hydrogen-bond donors (Lipinski definition) is 1. The molecule has 1 aliphatic heterocycles. The van der Waals surface area contributed by atoms with Crippen LogP contribution in [-0.2, 0) is 4.79 Å². The van der Waals surface area contributed by atoms with Crippen molar-refractivity contribution >= 4 is 17.7 Å². The minimum Gasteiger partial charge on any atom is -0.481 e. The Bertz CT molecular complexity index is 215. The SMILES string of the molecule is O=C(O)CC1(C2CCCC2)CCSC1. The van der Waals surface area contributed by atoms with Gasteiger partial charge in [-0.2, -0.15) is 11.8 Å². The van der Waals surface area contributed by atoms with Crippen molar-refractivity contribution in [2.24, 2.45) is 11.3 Å². The molecule has 2 aliphatic rings. The van der Waals surface area contributed by atoms with Crippen LogP contribution >= 0.6 is 11.8 Å². The summed E-state index contributed by atoms with van der Waals surface area (Å²) in [6.45, 7) is 0. The van der Waals surface area contributed by atoms with Gasteiger partial charge in [-0.1, -0.05) is 12.8 Å². The monoisotopic (exact) mass is 214 g/mol. The number of aliphatic carboxylic acids is 1. The summed E-state index contributed by atoms with van der Waals surface area (Å²) in [6, 6.07) is 0. The number of carboxylic acid groups (broad SMARTS) is 1. The summed E-state index contributed by atoms with van der Waals surface area (Å²) in [7, 11) is 0. The van der Waals surface area contributed by atoms with Gasteiger partial charge in [0.25, 0.3) is 0 Å². The lowest BCUT2D eigenvalue weighted by molar-refractivity contribution is -0.140. The van der Waals surface area contributed by atoms with Gasteiger partial charge in [0, 0.05) is 0 Å². The Labute approximate surface area is 89.5 Å². The molecule has 3 heteroatoms. The first kappa shape index (κ1) is 10.3. The van der Waals surface area contributed by atoms with Crippen LogP contribution in [0.1, 0.15) is 38.5 Å². The van der Waals surface area contributed by atoms with Crippen LogP contribution in [0, 0.1) is 11.3 Å². The lowest BCUT2D eigenvalue weighted by atomic mass is 9.71. The molecule has 2 fully saturated rings. The highest BCUT2D eigenvalue weighted by molar-refractivity contribution is 7.99. The Morgan fingerprint density at radius 3 is 2.64 bits per heavy atom. The van der Waals surface area contributed by atoms with E-state index in [0.717, 1.165) is 12.2 Å². The topological polar surface area (TPSA) is 37.3 Å². The highest BCUT2D eigenvalue weighted by Gasteiger charge is 2.43. The Morgan fingerprint density at radius 1 is 1.43 bits per heavy atom. The molecule has 1 saturated carbocycles. The number of rotatable bonds is 3. The van der Waals surface area contributed by atoms with Gasteiger partial charge in [-0.15, -0.1) is 0 Å². The van der Waals surface area contributed by atoms with E-state index in [1.54, 1.807) is 0 Å². The summed E-state index contributed by atoms with van der Waals surface area (Å²) in [5, 5.41) is 8.99. The number of thioether (sulfide) groups is 1. The third-order valence-electron chi connectivity index (χ3n) is 3.86. The lowest BCUT2D eigenvalue weighted by Crippen LogP contribution is -2.31. The van der Waals surface area contributed by atoms with Gasteiger partial charge in [-0.05, 0) is 42.1 Å². The van der Waals surface area contributed by atoms with E-state index in [0.29, 0.717) is 12.3 Å². The molecule has 80 valence electrons. The standard InChI is InChI=1S/C11H18O2S/c12-10(13)7-11(5-6-14-8-11)9-3-1-2-4-9/h9H,1-8H2,(H,12,13). The summed E-state index contributed by atoms with van der Waals surface area (Å²) in [4.78, 5) is 10.9. The maximum absolute atomic E-state index is 10.9. The van der Waals surface area contributed by atoms with Crippen molar-refractivity contribution in [3.63, 3.8) is 0 Å². The maximum Gasteiger partial charge on any atom is 0.303 e. The third kappa shape index (κ3) is 1.92. The molecule has 1 N–H and O–H groups in total. The first-order valence-electron chi connectivity index (χ1n) is 5.52. The second-order valence-electron chi connectivity index (χ2n) is 4.72. The van der Waals surface area contributed by atoms with Gasteiger partial charge in [0.1, 0.15) is 0 Å². The molecule has 0 aromatic heterocycles. The quantitative estimate of drug-likeness (QED) is 0.785. The Balaban J connectivity index is 2.08. The molecule has 1 saturated heterocycles. The van der Waals surface area contributed by atoms with Crippen LogP contribution in [0.15, 0.2) is 0 Å². The van der Waals surface area contributed by atoms with Crippen LogP contribution in [0.5, 0.6) is 0 Å². The van der Waals surface area contributed by atoms with Crippen LogP contribution in [0.4, 0.5) is 0 Å². The van der Waals surface area contributed by atoms with E-state index >= 15 is 0 Å². The van der Waals surface area contributed by atoms with Gasteiger partial charge in [-0.3, -0.25) is 4.79 Å². The largest absolute Gasteiger partial charge is 0.481 e. The minimum atomic E-state index is -0.598. The summed E-state index contributed by atoms with van der Waals surface area (Å²) in [6.07, 6.45) is 6.72. The van der Waals surface area contributed by atoms with Crippen LogP contribution < -0.4 is 0 Å². The van der Waals surface area contributed by atoms with Gasteiger partial charge < -0.3 is 5.11 Å². The van der Waals surface area contributed by atoms with Crippen molar-refractivity contribution in [2.45, 2.75) is 38.5 Å². The Morgan fingerprint density at radius 2 is 2.14 bits per heavy atom. The van der Waals surface area contributed by atoms with Crippen LogP contribution in [0.25, 0.3) is 0 Å². The molecule has 0 aromatic carbocycles. The van der Waals surface area contributed by atoms with E-state index in [1.807, 2.05) is 11.8 Å². The first-order chi connectivity index (χ1) is 6.73. The molecule has 0 bridgehead atoms. The average Bonchev–Trinajstić information content (AvgIpc) is 2.69. The van der Waals surface area contributed by atoms with Crippen molar-refractivity contribution in [1.82, 2.24) is 0 Å². The van der Waals surface area contributed by atoms with E-state index in [2.05, 4.69) is 0 Å². The summed E-state index contributed by atoms with van der Waals surface area (Å²) in [5.74, 6) is 2.36. The zero-order valence-electron chi connectivity index (χ0n) is 8.50. The van der Waals surface area contributed by atoms with E-state index in [4.69, 9.17) is 5.11 Å². The van der Waals surface area contributed by atoms with Gasteiger partial charge in [0.15, 0.2) is 0 Å². The number of carboxylic acids is 1. The van der Waals surface area contributed by atoms with E-state index < -0.39 is 5.97 Å². The fraction of sp³-hybridized carbons (Fsp3) is 0.909. The lowest BCUT2D eigenvalue weighted by Gasteiger charge is -2.33. The molecular formula is C11H18O2S. The molecule has 0 aromatic rings. The molecule has 14 heavy (non-hydrogen) atoms. The van der Waals surface area contributed by atoms with Crippen molar-refractivity contribution in [1.29, 1.82) is 0 Å². The molecule has 1 aliphatic carbocycles. The second kappa shape index (κ2) is 4.13. The normalized spacial score (nSPS) is 33.7. The Hall–Kier alpha value is -0.180. The van der Waals surface area contributed by atoms with Gasteiger partial charge >= 0.3 is 5.97 Å². The highest BCUT2D eigenvalue weighted by atomic mass is 32.2. The summed E-state index contributed by atoms with van der Waals surface area (Å²) in [5.41, 5.74) is 0.160. The molecule has 1 heterocycles. The number of hydrogen-bond acceptors (Lipinski definition) is 2. The molecule has 0 radical (unpaired) electrons. The molecule has 2 rings (SSSR count). The van der Waals surface area contributed by atoms with Crippen molar-refractivity contribution in [2.75, 3.05) is 11.5 Å². The third-order valence-corrected chi connectivity index (χ3v) is 5.13. The van der Waals surface area contributed by atoms with Crippen LogP contribution in [-0.4, -0.2) is 22.6 Å². The minimum absolute atomic E-state index is 0.160. The predicted octanol–water partition coefficient (Wildman–Crippen LogP) is 2.77. The van der Waals surface area contributed by atoms with Gasteiger partial charge in [0.2, 0.25) is 0 Å². The van der Waals surface area contributed by atoms with E-state index in [9.17, 15) is 4.79 Å². The van der Waals surface area contributed by atoms with Crippen LogP contribution in [0.3, 0.4) is 0 Å². The molecule has 0 spiro atoms. The molecule has 1 atom stereocenters. The zero-order valence-corrected chi connectivity index (χ0v) is 9.31. The van der Waals surface area contributed by atoms with E-state index in [-0.39, 0.29) is 5.41 Å². The molecular weight excluding hydrogens is 196 g/mol. The van der Waals surface area contributed by atoms with Gasteiger partial charge in [-0.25, -0.2) is 0 Å². The molecule has 2 nitrogen and oxygen atoms in total. The summed E-state index contributed by atoms with van der Waals surface area (Å²) < 4.78 is 0. The van der Waals surface area contributed by atoms with Crippen LogP contribution in [0.2, 0.25) is 0 Å². The average molecular weight is 214 g/mol. The zero-order chi connectivity index (χ0) is 10.0. The Kier molecular flexibility index (Phi) is 3.05. The fourth-order valence-electron chi connectivity index (χ4n) is 3.07. The second-order valence-corrected chi connectivity index (χ2v) is 5.82. The van der Waals surface area contributed by atoms with Gasteiger partial charge in [0.05, 0.1) is 6.42 Å². The van der Waals surface area contributed by atoms with E-state index in [1.165, 1.54) is 31.4 Å².